The summed E-state index contributed by atoms with van der Waals surface area (Å²) < 4.78 is 0. The molecule has 0 radical (unpaired) electrons. The van der Waals surface area contributed by atoms with Crippen LogP contribution in [0.25, 0.3) is 11.0 Å². The molecule has 2 aromatic rings. The molecule has 0 spiro atoms. The Morgan fingerprint density at radius 1 is 1.08 bits per heavy atom. The van der Waals surface area contributed by atoms with Crippen LogP contribution in [0, 0.1) is 5.41 Å². The van der Waals surface area contributed by atoms with E-state index in [2.05, 4.69) is 18.7 Å². The fourth-order valence-corrected chi connectivity index (χ4v) is 5.66. The van der Waals surface area contributed by atoms with E-state index in [-0.39, 0.29) is 5.41 Å². The van der Waals surface area contributed by atoms with Gasteiger partial charge in [0.15, 0.2) is 0 Å². The minimum atomic E-state index is -0.485. The Morgan fingerprint density at radius 3 is 2.48 bits per heavy atom. The predicted molar refractivity (Wildman–Crippen MR) is 97.4 cm³/mol. The van der Waals surface area contributed by atoms with Gasteiger partial charge in [-0.05, 0) is 49.7 Å². The summed E-state index contributed by atoms with van der Waals surface area (Å²) in [6.45, 7) is 6.33. The first-order valence-corrected chi connectivity index (χ1v) is 9.62. The Bertz CT molecular complexity index is 869. The quantitative estimate of drug-likeness (QED) is 0.796. The van der Waals surface area contributed by atoms with Crippen molar-refractivity contribution in [1.82, 2.24) is 14.9 Å². The molecule has 3 aliphatic rings. The largest absolute Gasteiger partial charge is 0.342 e. The van der Waals surface area contributed by atoms with E-state index in [1.165, 1.54) is 6.42 Å². The number of hydrogen-bond acceptors (Lipinski definition) is 3. The number of rotatable bonds is 1. The van der Waals surface area contributed by atoms with Crippen LogP contribution in [-0.4, -0.2) is 33.9 Å². The number of fused-ring (bicyclic) bond motifs is 6. The highest BCUT2D eigenvalue weighted by molar-refractivity contribution is 5.92. The molecule has 4 heteroatoms. The van der Waals surface area contributed by atoms with Crippen LogP contribution in [0.5, 0.6) is 0 Å². The van der Waals surface area contributed by atoms with Crippen molar-refractivity contribution in [3.8, 4) is 0 Å². The van der Waals surface area contributed by atoms with Crippen LogP contribution in [0.3, 0.4) is 0 Å². The monoisotopic (exact) mass is 335 g/mol. The highest BCUT2D eigenvalue weighted by Crippen LogP contribution is 2.67. The maximum atomic E-state index is 13.8. The van der Waals surface area contributed by atoms with Gasteiger partial charge in [0.25, 0.3) is 0 Å². The van der Waals surface area contributed by atoms with Gasteiger partial charge < -0.3 is 4.90 Å². The van der Waals surface area contributed by atoms with Crippen molar-refractivity contribution in [2.24, 2.45) is 5.41 Å². The van der Waals surface area contributed by atoms with Gasteiger partial charge in [0.1, 0.15) is 0 Å². The van der Waals surface area contributed by atoms with E-state index in [9.17, 15) is 4.79 Å². The summed E-state index contributed by atoms with van der Waals surface area (Å²) in [6.07, 6.45) is 5.46. The molecule has 2 unspecified atom stereocenters. The minimum Gasteiger partial charge on any atom is -0.342 e. The van der Waals surface area contributed by atoms with E-state index in [4.69, 9.17) is 9.97 Å². The lowest BCUT2D eigenvalue weighted by molar-refractivity contribution is -0.141. The number of piperidine rings is 1. The smallest absolute Gasteiger partial charge is 0.235 e. The van der Waals surface area contributed by atoms with Gasteiger partial charge in [0.05, 0.1) is 27.8 Å². The zero-order valence-corrected chi connectivity index (χ0v) is 15.1. The van der Waals surface area contributed by atoms with Crippen LogP contribution in [0.4, 0.5) is 0 Å². The summed E-state index contributed by atoms with van der Waals surface area (Å²) in [5.41, 5.74) is 3.33. The van der Waals surface area contributed by atoms with Gasteiger partial charge in [-0.1, -0.05) is 26.0 Å². The first-order chi connectivity index (χ1) is 12.1. The maximum absolute atomic E-state index is 13.8. The van der Waals surface area contributed by atoms with Crippen LogP contribution >= 0.6 is 0 Å². The second-order valence-corrected chi connectivity index (χ2v) is 8.52. The Hall–Kier alpha value is -1.97. The highest BCUT2D eigenvalue weighted by atomic mass is 16.2. The average molecular weight is 335 g/mol. The highest BCUT2D eigenvalue weighted by Gasteiger charge is 2.68. The third kappa shape index (κ3) is 1.80. The molecule has 1 amide bonds. The lowest BCUT2D eigenvalue weighted by atomic mass is 9.67. The van der Waals surface area contributed by atoms with E-state index < -0.39 is 5.41 Å². The zero-order chi connectivity index (χ0) is 17.2. The lowest BCUT2D eigenvalue weighted by Crippen LogP contribution is -2.52. The van der Waals surface area contributed by atoms with E-state index >= 15 is 0 Å². The summed E-state index contributed by atoms with van der Waals surface area (Å²) in [5, 5.41) is 0. The van der Waals surface area contributed by atoms with Crippen molar-refractivity contribution in [3.63, 3.8) is 0 Å². The van der Waals surface area contributed by atoms with Gasteiger partial charge in [-0.2, -0.15) is 0 Å². The fraction of sp³-hybridized carbons (Fsp3) is 0.571. The molecule has 25 heavy (non-hydrogen) atoms. The standard InChI is InChI=1S/C21H25N3O/c1-20(2)14-10-11-21(20,19(25)24-12-6-3-7-13-24)18-17(14)22-15-8-4-5-9-16(15)23-18/h4-5,8-9,14H,3,6-7,10-13H2,1-2H3. The number of aromatic nitrogens is 2. The van der Waals surface area contributed by atoms with Crippen LogP contribution in [0.2, 0.25) is 0 Å². The summed E-state index contributed by atoms with van der Waals surface area (Å²) in [5.74, 6) is 0.649. The number of amides is 1. The zero-order valence-electron chi connectivity index (χ0n) is 15.1. The molecule has 2 atom stereocenters. The number of nitrogens with zero attached hydrogens (tertiary/aromatic N) is 3. The van der Waals surface area contributed by atoms with Gasteiger partial charge in [-0.15, -0.1) is 0 Å². The summed E-state index contributed by atoms with van der Waals surface area (Å²) in [4.78, 5) is 25.8. The molecule has 1 saturated carbocycles. The summed E-state index contributed by atoms with van der Waals surface area (Å²) in [6, 6.07) is 8.05. The number of carbonyl (C=O) groups is 1. The van der Waals surface area contributed by atoms with Gasteiger partial charge in [0.2, 0.25) is 5.91 Å². The average Bonchev–Trinajstić information content (AvgIpc) is 3.01. The first-order valence-electron chi connectivity index (χ1n) is 9.62. The third-order valence-corrected chi connectivity index (χ3v) is 7.12. The molecule has 1 aliphatic heterocycles. The molecule has 2 heterocycles. The van der Waals surface area contributed by atoms with Crippen molar-refractivity contribution in [3.05, 3.63) is 35.7 Å². The molecule has 2 aliphatic carbocycles. The van der Waals surface area contributed by atoms with Crippen LogP contribution in [-0.2, 0) is 10.2 Å². The SMILES string of the molecule is CC1(C)C2CCC1(C(=O)N1CCCCC1)c1nc3ccccc3nc12. The topological polar surface area (TPSA) is 46.1 Å². The maximum Gasteiger partial charge on any atom is 0.235 e. The molecule has 130 valence electrons. The normalized spacial score (nSPS) is 29.8. The van der Waals surface area contributed by atoms with Gasteiger partial charge in [-0.25, -0.2) is 9.97 Å². The van der Waals surface area contributed by atoms with E-state index in [0.717, 1.165) is 61.2 Å². The Morgan fingerprint density at radius 2 is 1.76 bits per heavy atom. The van der Waals surface area contributed by atoms with Crippen molar-refractivity contribution in [2.75, 3.05) is 13.1 Å². The van der Waals surface area contributed by atoms with Gasteiger partial charge in [0, 0.05) is 19.0 Å². The molecular formula is C21H25N3O. The second kappa shape index (κ2) is 5.03. The Kier molecular flexibility index (Phi) is 3.08. The molecule has 1 saturated heterocycles. The third-order valence-electron chi connectivity index (χ3n) is 7.12. The van der Waals surface area contributed by atoms with E-state index in [1.807, 2.05) is 24.3 Å². The number of likely N-dealkylation sites (tertiary alicyclic amines) is 1. The fourth-order valence-electron chi connectivity index (χ4n) is 5.66. The Balaban J connectivity index is 1.71. The summed E-state index contributed by atoms with van der Waals surface area (Å²) >= 11 is 0. The predicted octanol–water partition coefficient (Wildman–Crippen LogP) is 3.80. The van der Waals surface area contributed by atoms with Gasteiger partial charge >= 0.3 is 0 Å². The molecule has 0 N–H and O–H groups in total. The molecule has 2 bridgehead atoms. The second-order valence-electron chi connectivity index (χ2n) is 8.52. The van der Waals surface area contributed by atoms with E-state index in [0.29, 0.717) is 11.8 Å². The molecule has 1 aromatic heterocycles. The minimum absolute atomic E-state index is 0.110. The molecule has 1 aromatic carbocycles. The molecular weight excluding hydrogens is 310 g/mol. The van der Waals surface area contributed by atoms with Crippen molar-refractivity contribution < 1.29 is 4.79 Å². The molecule has 2 fully saturated rings. The number of para-hydroxylation sites is 2. The first kappa shape index (κ1) is 15.3. The summed E-state index contributed by atoms with van der Waals surface area (Å²) in [7, 11) is 0. The van der Waals surface area contributed by atoms with Crippen molar-refractivity contribution in [2.45, 2.75) is 57.3 Å². The molecule has 4 nitrogen and oxygen atoms in total. The van der Waals surface area contributed by atoms with Crippen molar-refractivity contribution >= 4 is 16.9 Å². The van der Waals surface area contributed by atoms with Crippen molar-refractivity contribution in [1.29, 1.82) is 0 Å². The lowest BCUT2D eigenvalue weighted by Gasteiger charge is -2.41. The number of carbonyl (C=O) groups excluding carboxylic acids is 1. The number of hydrogen-bond donors (Lipinski definition) is 0. The Labute approximate surface area is 148 Å². The van der Waals surface area contributed by atoms with E-state index in [1.54, 1.807) is 0 Å². The number of benzene rings is 1. The van der Waals surface area contributed by atoms with Crippen LogP contribution in [0.1, 0.15) is 63.3 Å². The molecule has 5 rings (SSSR count). The van der Waals surface area contributed by atoms with Crippen LogP contribution in [0.15, 0.2) is 24.3 Å². The van der Waals surface area contributed by atoms with Gasteiger partial charge in [-0.3, -0.25) is 4.79 Å². The van der Waals surface area contributed by atoms with Crippen LogP contribution < -0.4 is 0 Å².